The summed E-state index contributed by atoms with van der Waals surface area (Å²) in [4.78, 5) is 26.7. The smallest absolute Gasteiger partial charge is 0.343 e. The van der Waals surface area contributed by atoms with Crippen LogP contribution in [0.2, 0.25) is 0 Å². The van der Waals surface area contributed by atoms with Crippen LogP contribution < -0.4 is 15.4 Å². The van der Waals surface area contributed by atoms with E-state index in [1.54, 1.807) is 47.7 Å². The fourth-order valence-corrected chi connectivity index (χ4v) is 6.03. The minimum Gasteiger partial charge on any atom is -0.423 e. The molecule has 0 saturated heterocycles. The minimum absolute atomic E-state index is 0.0139. The Hall–Kier alpha value is -3.12. The first kappa shape index (κ1) is 21.7. The lowest BCUT2D eigenvalue weighted by molar-refractivity contribution is 0.0734. The van der Waals surface area contributed by atoms with Gasteiger partial charge in [-0.1, -0.05) is 51.1 Å². The summed E-state index contributed by atoms with van der Waals surface area (Å²) < 4.78 is 5.47. The molecule has 0 spiro atoms. The topological polar surface area (TPSA) is 67.4 Å². The number of rotatable bonds is 3. The summed E-state index contributed by atoms with van der Waals surface area (Å²) in [7, 11) is 0. The molecule has 1 amide bonds. The number of esters is 1. The van der Waals surface area contributed by atoms with E-state index in [9.17, 15) is 9.59 Å². The van der Waals surface area contributed by atoms with Crippen molar-refractivity contribution in [3.63, 3.8) is 0 Å². The molecule has 1 aromatic heterocycles. The first-order chi connectivity index (χ1) is 15.8. The Morgan fingerprint density at radius 2 is 1.76 bits per heavy atom. The summed E-state index contributed by atoms with van der Waals surface area (Å²) in [6.45, 7) is 6.91. The van der Waals surface area contributed by atoms with Gasteiger partial charge in [0, 0.05) is 4.88 Å². The molecule has 0 bridgehead atoms. The molecule has 3 aromatic rings. The van der Waals surface area contributed by atoms with E-state index in [1.165, 1.54) is 10.4 Å². The number of nitrogens with one attached hydrogen (secondary N) is 2. The average Bonchev–Trinajstić information content (AvgIpc) is 3.18. The fourth-order valence-electron chi connectivity index (χ4n) is 4.67. The molecule has 0 unspecified atom stereocenters. The van der Waals surface area contributed by atoms with Gasteiger partial charge in [-0.05, 0) is 66.0 Å². The highest BCUT2D eigenvalue weighted by Crippen LogP contribution is 2.46. The van der Waals surface area contributed by atoms with Crippen LogP contribution in [0.4, 0.5) is 5.00 Å². The zero-order valence-electron chi connectivity index (χ0n) is 19.1. The van der Waals surface area contributed by atoms with E-state index >= 15 is 0 Å². The van der Waals surface area contributed by atoms with Gasteiger partial charge in [0.2, 0.25) is 0 Å². The first-order valence-corrected chi connectivity index (χ1v) is 12.2. The molecule has 0 radical (unpaired) electrons. The van der Waals surface area contributed by atoms with E-state index in [2.05, 4.69) is 31.4 Å². The molecule has 1 aliphatic heterocycles. The van der Waals surface area contributed by atoms with E-state index in [0.29, 0.717) is 17.2 Å². The number of hydrogen-bond donors (Lipinski definition) is 2. The molecule has 0 fully saturated rings. The number of carbonyl (C=O) groups is 2. The van der Waals surface area contributed by atoms with E-state index in [0.717, 1.165) is 35.4 Å². The van der Waals surface area contributed by atoms with Crippen molar-refractivity contribution < 1.29 is 14.3 Å². The van der Waals surface area contributed by atoms with Crippen LogP contribution in [-0.4, -0.2) is 11.9 Å². The average molecular weight is 461 g/mol. The summed E-state index contributed by atoms with van der Waals surface area (Å²) in [6.07, 6.45) is 2.81. The normalized spacial score (nSPS) is 19.7. The number of hydrogen-bond acceptors (Lipinski definition) is 5. The van der Waals surface area contributed by atoms with Crippen molar-refractivity contribution >= 4 is 28.2 Å². The van der Waals surface area contributed by atoms with Gasteiger partial charge in [-0.25, -0.2) is 4.79 Å². The lowest BCUT2D eigenvalue weighted by atomic mass is 9.72. The van der Waals surface area contributed by atoms with E-state index < -0.39 is 5.97 Å². The van der Waals surface area contributed by atoms with Crippen molar-refractivity contribution in [2.24, 2.45) is 11.3 Å². The van der Waals surface area contributed by atoms with E-state index in [4.69, 9.17) is 4.74 Å². The second-order valence-electron chi connectivity index (χ2n) is 9.89. The van der Waals surface area contributed by atoms with Crippen molar-refractivity contribution in [3.05, 3.63) is 81.7 Å². The monoisotopic (exact) mass is 460 g/mol. The number of thiophene rings is 1. The summed E-state index contributed by atoms with van der Waals surface area (Å²) in [5, 5.41) is 7.58. The Balaban J connectivity index is 1.31. The van der Waals surface area contributed by atoms with Crippen LogP contribution in [-0.2, 0) is 12.8 Å². The van der Waals surface area contributed by atoms with Crippen molar-refractivity contribution in [2.45, 2.75) is 46.2 Å². The van der Waals surface area contributed by atoms with Crippen molar-refractivity contribution in [3.8, 4) is 5.75 Å². The predicted octanol–water partition coefficient (Wildman–Crippen LogP) is 5.97. The van der Waals surface area contributed by atoms with Crippen molar-refractivity contribution in [1.29, 1.82) is 0 Å². The lowest BCUT2D eigenvalue weighted by Crippen LogP contribution is -2.38. The molecule has 2 aromatic carbocycles. The Morgan fingerprint density at radius 3 is 2.45 bits per heavy atom. The second kappa shape index (κ2) is 8.34. The van der Waals surface area contributed by atoms with Gasteiger partial charge < -0.3 is 15.4 Å². The predicted molar refractivity (Wildman–Crippen MR) is 131 cm³/mol. The third-order valence-electron chi connectivity index (χ3n) is 6.70. The summed E-state index contributed by atoms with van der Waals surface area (Å²) >= 11 is 1.73. The number of benzene rings is 2. The van der Waals surface area contributed by atoms with E-state index in [1.807, 2.05) is 18.2 Å². The third-order valence-corrected chi connectivity index (χ3v) is 7.89. The van der Waals surface area contributed by atoms with Crippen LogP contribution in [0.1, 0.15) is 70.1 Å². The number of ether oxygens (including phenoxy) is 1. The first-order valence-electron chi connectivity index (χ1n) is 11.4. The van der Waals surface area contributed by atoms with Crippen LogP contribution in [0.3, 0.4) is 0 Å². The lowest BCUT2D eigenvalue weighted by Gasteiger charge is -2.34. The van der Waals surface area contributed by atoms with Gasteiger partial charge in [-0.3, -0.25) is 4.79 Å². The maximum absolute atomic E-state index is 13.0. The number of amides is 1. The van der Waals surface area contributed by atoms with Crippen LogP contribution in [0.25, 0.3) is 0 Å². The number of fused-ring (bicyclic) bond motifs is 3. The van der Waals surface area contributed by atoms with Gasteiger partial charge in [0.15, 0.2) is 0 Å². The highest BCUT2D eigenvalue weighted by molar-refractivity contribution is 7.16. The summed E-state index contributed by atoms with van der Waals surface area (Å²) in [5.74, 6) is 0.695. The van der Waals surface area contributed by atoms with Crippen LogP contribution in [0, 0.1) is 11.3 Å². The molecular formula is C27H28N2O3S. The molecule has 1 aliphatic carbocycles. The zero-order valence-corrected chi connectivity index (χ0v) is 19.9. The zero-order chi connectivity index (χ0) is 23.2. The Labute approximate surface area is 198 Å². The Bertz CT molecular complexity index is 1190. The summed E-state index contributed by atoms with van der Waals surface area (Å²) in [6, 6.07) is 16.2. The van der Waals surface area contributed by atoms with Crippen LogP contribution in [0.5, 0.6) is 5.75 Å². The maximum Gasteiger partial charge on any atom is 0.343 e. The largest absolute Gasteiger partial charge is 0.423 e. The molecule has 33 heavy (non-hydrogen) atoms. The standard InChI is InChI=1S/C27H28N2O3S/c1-27(2,3)18-11-14-20-21(15-18)33-25-22(20)24(30)28-23(29-25)16-9-12-19(13-10-16)32-26(31)17-7-5-4-6-8-17/h4-10,12-13,18,23,29H,11,14-15H2,1-3H3,(H,28,30)/t18-,23-/m0/s1. The molecule has 2 N–H and O–H groups in total. The molecule has 2 aliphatic rings. The van der Waals surface area contributed by atoms with Gasteiger partial charge in [-0.15, -0.1) is 11.3 Å². The fraction of sp³-hybridized carbons (Fsp3) is 0.333. The highest BCUT2D eigenvalue weighted by atomic mass is 32.1. The van der Waals surface area contributed by atoms with Gasteiger partial charge in [-0.2, -0.15) is 0 Å². The highest BCUT2D eigenvalue weighted by Gasteiger charge is 2.36. The molecule has 0 saturated carbocycles. The van der Waals surface area contributed by atoms with Crippen molar-refractivity contribution in [1.82, 2.24) is 5.32 Å². The third kappa shape index (κ3) is 4.27. The molecule has 6 heteroatoms. The van der Waals surface area contributed by atoms with Crippen LogP contribution >= 0.6 is 11.3 Å². The second-order valence-corrected chi connectivity index (χ2v) is 11.0. The quantitative estimate of drug-likeness (QED) is 0.373. The van der Waals surface area contributed by atoms with Gasteiger partial charge in [0.25, 0.3) is 5.91 Å². The summed E-state index contributed by atoms with van der Waals surface area (Å²) in [5.41, 5.74) is 3.74. The van der Waals surface area contributed by atoms with Gasteiger partial charge in [0.05, 0.1) is 11.1 Å². The van der Waals surface area contributed by atoms with Crippen LogP contribution in [0.15, 0.2) is 54.6 Å². The SMILES string of the molecule is CC(C)(C)[C@H]1CCc2c(sc3c2C(=O)N[C@H](c2ccc(OC(=O)c4ccccc4)cc2)N3)C1. The van der Waals surface area contributed by atoms with Gasteiger partial charge >= 0.3 is 5.97 Å². The molecule has 2 atom stereocenters. The molecule has 170 valence electrons. The molecule has 5 rings (SSSR count). The molecule has 2 heterocycles. The molecule has 5 nitrogen and oxygen atoms in total. The van der Waals surface area contributed by atoms with Gasteiger partial charge in [0.1, 0.15) is 16.9 Å². The molecular weight excluding hydrogens is 432 g/mol. The van der Waals surface area contributed by atoms with E-state index in [-0.39, 0.29) is 17.5 Å². The minimum atomic E-state index is -0.394. The Kier molecular flexibility index (Phi) is 5.49. The number of anilines is 1. The van der Waals surface area contributed by atoms with Crippen molar-refractivity contribution in [2.75, 3.05) is 5.32 Å². The maximum atomic E-state index is 13.0. The number of carbonyl (C=O) groups excluding carboxylic acids is 2. The Morgan fingerprint density at radius 1 is 1.03 bits per heavy atom.